The van der Waals surface area contributed by atoms with E-state index in [4.69, 9.17) is 5.11 Å². The predicted molar refractivity (Wildman–Crippen MR) is 62.1 cm³/mol. The lowest BCUT2D eigenvalue weighted by molar-refractivity contribution is 0.429. The molecule has 0 spiro atoms. The Labute approximate surface area is 97.3 Å². The number of nitrogens with zero attached hydrogens (tertiary/aromatic N) is 2. The van der Waals surface area contributed by atoms with Gasteiger partial charge in [-0.15, -0.1) is 5.11 Å². The third kappa shape index (κ3) is 2.52. The van der Waals surface area contributed by atoms with Gasteiger partial charge in [-0.3, -0.25) is 0 Å². The van der Waals surface area contributed by atoms with E-state index in [1.807, 2.05) is 6.07 Å². The Morgan fingerprint density at radius 3 is 1.94 bits per heavy atom. The molecule has 17 heavy (non-hydrogen) atoms. The van der Waals surface area contributed by atoms with Crippen molar-refractivity contribution in [2.24, 2.45) is 10.2 Å². The molecule has 0 amide bonds. The predicted octanol–water partition coefficient (Wildman–Crippen LogP) is 3.22. The summed E-state index contributed by atoms with van der Waals surface area (Å²) in [7, 11) is 0. The van der Waals surface area contributed by atoms with Crippen LogP contribution in [0.2, 0.25) is 0 Å². The van der Waals surface area contributed by atoms with Crippen molar-refractivity contribution in [1.82, 2.24) is 0 Å². The molecule has 0 aliphatic heterocycles. The van der Waals surface area contributed by atoms with Gasteiger partial charge in [-0.1, -0.05) is 18.2 Å². The molecule has 0 radical (unpaired) electrons. The Kier molecular flexibility index (Phi) is 2.91. The number of aromatic hydroxyl groups is 3. The molecule has 5 heteroatoms. The first-order chi connectivity index (χ1) is 8.16. The lowest BCUT2D eigenvalue weighted by Crippen LogP contribution is -1.71. The molecular formula is C12H10N2O3. The Bertz CT molecular complexity index is 530. The SMILES string of the molecule is Oc1cc(O)c(/N=N/c2ccccc2)c(O)c1. The second kappa shape index (κ2) is 4.52. The van der Waals surface area contributed by atoms with Gasteiger partial charge in [0.15, 0.2) is 17.2 Å². The number of phenols is 3. The van der Waals surface area contributed by atoms with Gasteiger partial charge in [0.25, 0.3) is 0 Å². The molecule has 0 bridgehead atoms. The second-order valence-corrected chi connectivity index (χ2v) is 3.37. The standard InChI is InChI=1S/C12H10N2O3/c15-9-6-10(16)12(11(17)7-9)14-13-8-4-2-1-3-5-8/h1-7,15-17H/b14-13+. The summed E-state index contributed by atoms with van der Waals surface area (Å²) >= 11 is 0. The number of benzene rings is 2. The molecule has 0 saturated carbocycles. The van der Waals surface area contributed by atoms with Crippen molar-refractivity contribution in [2.45, 2.75) is 0 Å². The van der Waals surface area contributed by atoms with E-state index >= 15 is 0 Å². The van der Waals surface area contributed by atoms with Crippen molar-refractivity contribution in [2.75, 3.05) is 0 Å². The van der Waals surface area contributed by atoms with Gasteiger partial charge in [0, 0.05) is 12.1 Å². The normalized spacial score (nSPS) is 10.8. The summed E-state index contributed by atoms with van der Waals surface area (Å²) in [6.45, 7) is 0. The van der Waals surface area contributed by atoms with Gasteiger partial charge in [0.05, 0.1) is 5.69 Å². The molecule has 0 aromatic heterocycles. The highest BCUT2D eigenvalue weighted by atomic mass is 16.3. The molecule has 0 aliphatic carbocycles. The minimum Gasteiger partial charge on any atom is -0.508 e. The molecule has 0 atom stereocenters. The van der Waals surface area contributed by atoms with Crippen LogP contribution in [0.1, 0.15) is 0 Å². The lowest BCUT2D eigenvalue weighted by atomic mass is 10.2. The third-order valence-electron chi connectivity index (χ3n) is 2.08. The summed E-state index contributed by atoms with van der Waals surface area (Å²) in [6.07, 6.45) is 0. The number of hydrogen-bond donors (Lipinski definition) is 3. The van der Waals surface area contributed by atoms with E-state index in [9.17, 15) is 10.2 Å². The minimum atomic E-state index is -0.331. The first kappa shape index (κ1) is 10.9. The summed E-state index contributed by atoms with van der Waals surface area (Å²) in [5.74, 6) is -0.900. The van der Waals surface area contributed by atoms with Gasteiger partial charge in [-0.2, -0.15) is 5.11 Å². The maximum Gasteiger partial charge on any atom is 0.169 e. The largest absolute Gasteiger partial charge is 0.508 e. The van der Waals surface area contributed by atoms with E-state index in [1.165, 1.54) is 0 Å². The molecule has 0 saturated heterocycles. The first-order valence-electron chi connectivity index (χ1n) is 4.88. The van der Waals surface area contributed by atoms with Crippen molar-refractivity contribution in [3.8, 4) is 17.2 Å². The fourth-order valence-corrected chi connectivity index (χ4v) is 1.29. The third-order valence-corrected chi connectivity index (χ3v) is 2.08. The van der Waals surface area contributed by atoms with Gasteiger partial charge in [-0.25, -0.2) is 0 Å². The minimum absolute atomic E-state index is 0.0772. The van der Waals surface area contributed by atoms with E-state index in [0.717, 1.165) is 12.1 Å². The molecule has 3 N–H and O–H groups in total. The zero-order valence-corrected chi connectivity index (χ0v) is 8.78. The molecule has 0 fully saturated rings. The van der Waals surface area contributed by atoms with Crippen LogP contribution >= 0.6 is 0 Å². The van der Waals surface area contributed by atoms with Gasteiger partial charge >= 0.3 is 0 Å². The van der Waals surface area contributed by atoms with Crippen LogP contribution in [0.5, 0.6) is 17.2 Å². The van der Waals surface area contributed by atoms with Crippen molar-refractivity contribution in [1.29, 1.82) is 0 Å². The van der Waals surface area contributed by atoms with E-state index in [1.54, 1.807) is 24.3 Å². The molecule has 0 heterocycles. The Balaban J connectivity index is 2.34. The summed E-state index contributed by atoms with van der Waals surface area (Å²) in [5, 5.41) is 35.6. The second-order valence-electron chi connectivity index (χ2n) is 3.37. The Morgan fingerprint density at radius 1 is 0.765 bits per heavy atom. The van der Waals surface area contributed by atoms with Crippen LogP contribution in [-0.4, -0.2) is 15.3 Å². The van der Waals surface area contributed by atoms with E-state index in [2.05, 4.69) is 10.2 Å². The monoisotopic (exact) mass is 230 g/mol. The topological polar surface area (TPSA) is 85.4 Å². The van der Waals surface area contributed by atoms with Gasteiger partial charge < -0.3 is 15.3 Å². The maximum atomic E-state index is 9.48. The molecular weight excluding hydrogens is 220 g/mol. The zero-order valence-electron chi connectivity index (χ0n) is 8.78. The molecule has 86 valence electrons. The first-order valence-corrected chi connectivity index (χ1v) is 4.88. The Hall–Kier alpha value is -2.56. The zero-order chi connectivity index (χ0) is 12.3. The maximum absolute atomic E-state index is 9.48. The number of azo groups is 1. The highest BCUT2D eigenvalue weighted by Gasteiger charge is 2.08. The number of phenolic OH excluding ortho intramolecular Hbond substituents is 3. The summed E-state index contributed by atoms with van der Waals surface area (Å²) in [6, 6.07) is 11.1. The highest BCUT2D eigenvalue weighted by Crippen LogP contribution is 2.39. The number of rotatable bonds is 2. The van der Waals surface area contributed by atoms with Crippen molar-refractivity contribution in [3.05, 3.63) is 42.5 Å². The Morgan fingerprint density at radius 2 is 1.35 bits per heavy atom. The van der Waals surface area contributed by atoms with Crippen LogP contribution in [-0.2, 0) is 0 Å². The molecule has 0 unspecified atom stereocenters. The fraction of sp³-hybridized carbons (Fsp3) is 0. The lowest BCUT2D eigenvalue weighted by Gasteiger charge is -2.01. The van der Waals surface area contributed by atoms with Gasteiger partial charge in [0.1, 0.15) is 5.75 Å². The highest BCUT2D eigenvalue weighted by molar-refractivity contribution is 5.63. The van der Waals surface area contributed by atoms with Crippen LogP contribution in [0, 0.1) is 0 Å². The smallest absolute Gasteiger partial charge is 0.169 e. The molecule has 0 aliphatic rings. The fourth-order valence-electron chi connectivity index (χ4n) is 1.29. The van der Waals surface area contributed by atoms with Crippen molar-refractivity contribution < 1.29 is 15.3 Å². The van der Waals surface area contributed by atoms with Crippen LogP contribution in [0.15, 0.2) is 52.7 Å². The van der Waals surface area contributed by atoms with Gasteiger partial charge in [-0.05, 0) is 12.1 Å². The van der Waals surface area contributed by atoms with Crippen LogP contribution in [0.3, 0.4) is 0 Å². The average Bonchev–Trinajstić information content (AvgIpc) is 2.29. The van der Waals surface area contributed by atoms with Crippen LogP contribution in [0.4, 0.5) is 11.4 Å². The van der Waals surface area contributed by atoms with E-state index in [-0.39, 0.29) is 22.9 Å². The molecule has 2 rings (SSSR count). The van der Waals surface area contributed by atoms with E-state index in [0.29, 0.717) is 5.69 Å². The van der Waals surface area contributed by atoms with Crippen LogP contribution in [0.25, 0.3) is 0 Å². The quantitative estimate of drug-likeness (QED) is 0.692. The van der Waals surface area contributed by atoms with Crippen molar-refractivity contribution in [3.63, 3.8) is 0 Å². The molecule has 5 nitrogen and oxygen atoms in total. The summed E-state index contributed by atoms with van der Waals surface area (Å²) < 4.78 is 0. The van der Waals surface area contributed by atoms with Crippen molar-refractivity contribution >= 4 is 11.4 Å². The number of hydrogen-bond acceptors (Lipinski definition) is 5. The average molecular weight is 230 g/mol. The van der Waals surface area contributed by atoms with E-state index < -0.39 is 0 Å². The molecule has 2 aromatic rings. The summed E-state index contributed by atoms with van der Waals surface area (Å²) in [4.78, 5) is 0. The summed E-state index contributed by atoms with van der Waals surface area (Å²) in [5.41, 5.74) is 0.519. The van der Waals surface area contributed by atoms with Gasteiger partial charge in [0.2, 0.25) is 0 Å². The molecule has 2 aromatic carbocycles. The van der Waals surface area contributed by atoms with Crippen LogP contribution < -0.4 is 0 Å².